The molecule has 16 heavy (non-hydrogen) atoms. The number of carbonyl (C=O) groups excluding carboxylic acids is 1. The van der Waals surface area contributed by atoms with Gasteiger partial charge in [0.1, 0.15) is 0 Å². The van der Waals surface area contributed by atoms with Gasteiger partial charge >= 0.3 is 0 Å². The Bertz CT molecular complexity index is 541. The van der Waals surface area contributed by atoms with Crippen molar-refractivity contribution in [3.8, 4) is 0 Å². The topological polar surface area (TPSA) is 54.5 Å². The molecular formula is C10H10ClNO3S. The van der Waals surface area contributed by atoms with Gasteiger partial charge < -0.3 is 4.90 Å². The smallest absolute Gasteiger partial charge is 0.223 e. The summed E-state index contributed by atoms with van der Waals surface area (Å²) in [6.45, 7) is 1.38. The predicted molar refractivity (Wildman–Crippen MR) is 61.3 cm³/mol. The molecule has 1 amide bonds. The summed E-state index contributed by atoms with van der Waals surface area (Å²) >= 11 is 5.79. The van der Waals surface area contributed by atoms with Crippen LogP contribution in [0.15, 0.2) is 29.2 Å². The maximum absolute atomic E-state index is 11.9. The highest BCUT2D eigenvalue weighted by Crippen LogP contribution is 2.34. The maximum Gasteiger partial charge on any atom is 0.223 e. The number of para-hydroxylation sites is 1. The lowest BCUT2D eigenvalue weighted by molar-refractivity contribution is -0.116. The van der Waals surface area contributed by atoms with Crippen molar-refractivity contribution >= 4 is 33.0 Å². The molecule has 1 aliphatic rings. The number of hydrogen-bond donors (Lipinski definition) is 0. The van der Waals surface area contributed by atoms with E-state index in [1.54, 1.807) is 18.2 Å². The number of sulfone groups is 1. The number of carbonyl (C=O) groups is 1. The normalized spacial score (nSPS) is 22.6. The molecule has 0 saturated heterocycles. The van der Waals surface area contributed by atoms with Gasteiger partial charge in [0, 0.05) is 6.92 Å². The Morgan fingerprint density at radius 3 is 2.69 bits per heavy atom. The van der Waals surface area contributed by atoms with Crippen LogP contribution in [0.3, 0.4) is 0 Å². The van der Waals surface area contributed by atoms with E-state index in [0.29, 0.717) is 5.69 Å². The maximum atomic E-state index is 11.9. The van der Waals surface area contributed by atoms with E-state index < -0.39 is 14.5 Å². The van der Waals surface area contributed by atoms with Crippen molar-refractivity contribution in [1.82, 2.24) is 0 Å². The predicted octanol–water partition coefficient (Wildman–Crippen LogP) is 1.39. The van der Waals surface area contributed by atoms with Crippen LogP contribution < -0.4 is 4.90 Å². The Morgan fingerprint density at radius 2 is 2.06 bits per heavy atom. The fourth-order valence-corrected chi connectivity index (χ4v) is 3.48. The number of alkyl halides is 1. The summed E-state index contributed by atoms with van der Waals surface area (Å²) in [5.74, 6) is -0.215. The van der Waals surface area contributed by atoms with E-state index >= 15 is 0 Å². The Labute approximate surface area is 98.7 Å². The monoisotopic (exact) mass is 259 g/mol. The van der Waals surface area contributed by atoms with E-state index in [9.17, 15) is 13.2 Å². The van der Waals surface area contributed by atoms with Crippen LogP contribution in [-0.2, 0) is 14.6 Å². The van der Waals surface area contributed by atoms with Crippen LogP contribution in [0.5, 0.6) is 0 Å². The molecule has 0 fully saturated rings. The molecule has 1 unspecified atom stereocenters. The summed E-state index contributed by atoms with van der Waals surface area (Å²) in [6.07, 6.45) is 0. The van der Waals surface area contributed by atoms with E-state index in [-0.39, 0.29) is 17.3 Å². The molecule has 86 valence electrons. The van der Waals surface area contributed by atoms with Crippen molar-refractivity contribution in [2.45, 2.75) is 16.5 Å². The fraction of sp³-hybridized carbons (Fsp3) is 0.300. The number of amides is 1. The third kappa shape index (κ3) is 1.60. The van der Waals surface area contributed by atoms with Crippen LogP contribution in [0.2, 0.25) is 0 Å². The van der Waals surface area contributed by atoms with Crippen LogP contribution in [0.25, 0.3) is 0 Å². The summed E-state index contributed by atoms with van der Waals surface area (Å²) in [6, 6.07) is 6.38. The fourth-order valence-electron chi connectivity index (χ4n) is 1.70. The first-order valence-electron chi connectivity index (χ1n) is 4.69. The Kier molecular flexibility index (Phi) is 2.67. The average molecular weight is 260 g/mol. The van der Waals surface area contributed by atoms with Gasteiger partial charge in [-0.25, -0.2) is 8.42 Å². The van der Waals surface area contributed by atoms with E-state index in [0.717, 1.165) is 0 Å². The molecule has 0 aliphatic carbocycles. The number of hydrogen-bond acceptors (Lipinski definition) is 3. The van der Waals surface area contributed by atoms with Gasteiger partial charge in [-0.1, -0.05) is 12.1 Å². The number of anilines is 1. The van der Waals surface area contributed by atoms with Gasteiger partial charge in [-0.05, 0) is 12.1 Å². The summed E-state index contributed by atoms with van der Waals surface area (Å²) in [5.41, 5.74) is 0.409. The second-order valence-corrected chi connectivity index (χ2v) is 6.44. The van der Waals surface area contributed by atoms with Crippen molar-refractivity contribution in [3.63, 3.8) is 0 Å². The molecule has 1 heterocycles. The molecule has 2 rings (SSSR count). The summed E-state index contributed by atoms with van der Waals surface area (Å²) < 4.78 is 22.7. The molecule has 0 N–H and O–H groups in total. The van der Waals surface area contributed by atoms with Gasteiger partial charge in [-0.2, -0.15) is 0 Å². The molecule has 0 spiro atoms. The number of fused-ring (bicyclic) bond motifs is 1. The molecule has 1 aromatic carbocycles. The number of nitrogens with zero attached hydrogens (tertiary/aromatic N) is 1. The summed E-state index contributed by atoms with van der Waals surface area (Å²) in [4.78, 5) is 12.9. The standard InChI is InChI=1S/C10H10ClNO3S/c1-7(13)12-6-10(11)16(14,15)9-5-3-2-4-8(9)12/h2-5,10H,6H2,1H3. The summed E-state index contributed by atoms with van der Waals surface area (Å²) in [5, 5.41) is 0. The van der Waals surface area contributed by atoms with Crippen molar-refractivity contribution < 1.29 is 13.2 Å². The highest BCUT2D eigenvalue weighted by Gasteiger charge is 2.37. The first kappa shape index (κ1) is 11.4. The highest BCUT2D eigenvalue weighted by atomic mass is 35.5. The van der Waals surface area contributed by atoms with Crippen molar-refractivity contribution in [1.29, 1.82) is 0 Å². The van der Waals surface area contributed by atoms with E-state index in [4.69, 9.17) is 11.6 Å². The second-order valence-electron chi connectivity index (χ2n) is 3.55. The molecule has 6 heteroatoms. The number of halogens is 1. The Hall–Kier alpha value is -1.07. The zero-order valence-electron chi connectivity index (χ0n) is 8.55. The molecule has 4 nitrogen and oxygen atoms in total. The molecule has 0 saturated carbocycles. The van der Waals surface area contributed by atoms with Crippen molar-refractivity contribution in [3.05, 3.63) is 24.3 Å². The lowest BCUT2D eigenvalue weighted by Crippen LogP contribution is -2.42. The van der Waals surface area contributed by atoms with Crippen LogP contribution >= 0.6 is 11.6 Å². The van der Waals surface area contributed by atoms with E-state index in [1.165, 1.54) is 17.9 Å². The van der Waals surface area contributed by atoms with Gasteiger partial charge in [0.05, 0.1) is 17.1 Å². The lowest BCUT2D eigenvalue weighted by Gasteiger charge is -2.30. The van der Waals surface area contributed by atoms with Crippen LogP contribution in [0.1, 0.15) is 6.92 Å². The van der Waals surface area contributed by atoms with Crippen LogP contribution in [0.4, 0.5) is 5.69 Å². The zero-order valence-corrected chi connectivity index (χ0v) is 10.1. The third-order valence-corrected chi connectivity index (χ3v) is 5.13. The Balaban J connectivity index is 2.68. The van der Waals surface area contributed by atoms with Gasteiger partial charge in [0.25, 0.3) is 0 Å². The number of rotatable bonds is 0. The SMILES string of the molecule is CC(=O)N1CC(Cl)S(=O)(=O)c2ccccc21. The van der Waals surface area contributed by atoms with Gasteiger partial charge in [-0.3, -0.25) is 4.79 Å². The lowest BCUT2D eigenvalue weighted by atomic mass is 10.3. The minimum atomic E-state index is -3.52. The third-order valence-electron chi connectivity index (χ3n) is 2.51. The minimum absolute atomic E-state index is 0.00373. The van der Waals surface area contributed by atoms with Crippen LogP contribution in [-0.4, -0.2) is 25.6 Å². The highest BCUT2D eigenvalue weighted by molar-refractivity contribution is 7.93. The molecular weight excluding hydrogens is 250 g/mol. The molecule has 1 aliphatic heterocycles. The van der Waals surface area contributed by atoms with E-state index in [2.05, 4.69) is 0 Å². The molecule has 1 atom stereocenters. The number of benzene rings is 1. The van der Waals surface area contributed by atoms with Crippen molar-refractivity contribution in [2.75, 3.05) is 11.4 Å². The Morgan fingerprint density at radius 1 is 1.44 bits per heavy atom. The minimum Gasteiger partial charge on any atom is -0.309 e. The molecule has 1 aromatic rings. The first-order valence-corrected chi connectivity index (χ1v) is 6.68. The second kappa shape index (κ2) is 3.75. The molecule has 0 aromatic heterocycles. The van der Waals surface area contributed by atoms with Crippen molar-refractivity contribution in [2.24, 2.45) is 0 Å². The molecule has 0 bridgehead atoms. The first-order chi connectivity index (χ1) is 7.44. The quantitative estimate of drug-likeness (QED) is 0.662. The van der Waals surface area contributed by atoms with Gasteiger partial charge in [-0.15, -0.1) is 11.6 Å². The largest absolute Gasteiger partial charge is 0.309 e. The zero-order chi connectivity index (χ0) is 11.9. The van der Waals surface area contributed by atoms with Gasteiger partial charge in [0.2, 0.25) is 5.91 Å². The molecule has 0 radical (unpaired) electrons. The van der Waals surface area contributed by atoms with E-state index in [1.807, 2.05) is 0 Å². The summed E-state index contributed by atoms with van der Waals surface area (Å²) in [7, 11) is -3.52. The van der Waals surface area contributed by atoms with Gasteiger partial charge in [0.15, 0.2) is 14.5 Å². The average Bonchev–Trinajstić information content (AvgIpc) is 2.23. The van der Waals surface area contributed by atoms with Crippen LogP contribution in [0, 0.1) is 0 Å².